The van der Waals surface area contributed by atoms with Crippen LogP contribution >= 0.6 is 0 Å². The molecular formula is C9H13NO4S. The van der Waals surface area contributed by atoms with Crippen molar-refractivity contribution in [3.05, 3.63) is 29.8 Å². The molecule has 15 heavy (non-hydrogen) atoms. The molecule has 0 amide bonds. The molecule has 0 heterocycles. The summed E-state index contributed by atoms with van der Waals surface area (Å²) < 4.78 is 31.5. The summed E-state index contributed by atoms with van der Waals surface area (Å²) in [5.74, 6) is 0.202. The Balaban J connectivity index is 2.89. The Bertz CT molecular complexity index is 416. The maximum Gasteiger partial charge on any atom is 0.449 e. The van der Waals surface area contributed by atoms with Crippen molar-refractivity contribution in [1.82, 2.24) is 0 Å². The van der Waals surface area contributed by atoms with Crippen molar-refractivity contribution in [2.24, 2.45) is 5.73 Å². The van der Waals surface area contributed by atoms with E-state index in [-0.39, 0.29) is 18.9 Å². The first-order chi connectivity index (χ1) is 7.09. The maximum atomic E-state index is 11.2. The highest BCUT2D eigenvalue weighted by atomic mass is 32.3. The molecule has 84 valence electrons. The lowest BCUT2D eigenvalue weighted by Gasteiger charge is -2.08. The van der Waals surface area contributed by atoms with Crippen molar-refractivity contribution >= 4 is 10.4 Å². The summed E-state index contributed by atoms with van der Waals surface area (Å²) in [4.78, 5) is 0. The third-order valence-corrected chi connectivity index (χ3v) is 2.55. The lowest BCUT2D eigenvalue weighted by molar-refractivity contribution is 0.287. The van der Waals surface area contributed by atoms with E-state index in [1.165, 1.54) is 6.07 Å². The van der Waals surface area contributed by atoms with Crippen LogP contribution in [0.1, 0.15) is 12.5 Å². The number of benzene rings is 1. The average Bonchev–Trinajstić information content (AvgIpc) is 2.17. The predicted octanol–water partition coefficient (Wildman–Crippen LogP) is 0.805. The maximum absolute atomic E-state index is 11.2. The van der Waals surface area contributed by atoms with Crippen molar-refractivity contribution < 1.29 is 16.8 Å². The van der Waals surface area contributed by atoms with Gasteiger partial charge in [-0.1, -0.05) is 18.2 Å². The summed E-state index contributed by atoms with van der Waals surface area (Å²) in [6.07, 6.45) is 0. The fourth-order valence-electron chi connectivity index (χ4n) is 1.03. The van der Waals surface area contributed by atoms with Gasteiger partial charge in [0.05, 0.1) is 6.61 Å². The normalized spacial score (nSPS) is 11.3. The van der Waals surface area contributed by atoms with Crippen LogP contribution in [0.25, 0.3) is 0 Å². The van der Waals surface area contributed by atoms with Gasteiger partial charge in [0.2, 0.25) is 0 Å². The van der Waals surface area contributed by atoms with Crippen molar-refractivity contribution in [2.75, 3.05) is 6.61 Å². The highest BCUT2D eigenvalue weighted by molar-refractivity contribution is 7.82. The molecule has 5 nitrogen and oxygen atoms in total. The second-order valence-electron chi connectivity index (χ2n) is 2.71. The largest absolute Gasteiger partial charge is 0.449 e. The highest BCUT2D eigenvalue weighted by Gasteiger charge is 2.14. The molecule has 0 saturated heterocycles. The molecule has 0 atom stereocenters. The van der Waals surface area contributed by atoms with Crippen molar-refractivity contribution in [1.29, 1.82) is 0 Å². The summed E-state index contributed by atoms with van der Waals surface area (Å²) in [7, 11) is -3.97. The van der Waals surface area contributed by atoms with Crippen LogP contribution in [-0.2, 0) is 21.1 Å². The second kappa shape index (κ2) is 5.11. The van der Waals surface area contributed by atoms with Gasteiger partial charge in [-0.3, -0.25) is 0 Å². The van der Waals surface area contributed by atoms with Crippen LogP contribution in [0.4, 0.5) is 0 Å². The third-order valence-electron chi connectivity index (χ3n) is 1.65. The van der Waals surface area contributed by atoms with Gasteiger partial charge in [0.1, 0.15) is 5.75 Å². The predicted molar refractivity (Wildman–Crippen MR) is 55.5 cm³/mol. The summed E-state index contributed by atoms with van der Waals surface area (Å²) in [6.45, 7) is 1.81. The van der Waals surface area contributed by atoms with Crippen LogP contribution in [0.3, 0.4) is 0 Å². The Morgan fingerprint density at radius 3 is 2.60 bits per heavy atom. The minimum absolute atomic E-state index is 0.0348. The summed E-state index contributed by atoms with van der Waals surface area (Å²) in [5, 5.41) is 0. The minimum Gasteiger partial charge on any atom is -0.361 e. The zero-order valence-electron chi connectivity index (χ0n) is 8.34. The molecule has 0 saturated carbocycles. The van der Waals surface area contributed by atoms with Gasteiger partial charge in [0, 0.05) is 12.1 Å². The highest BCUT2D eigenvalue weighted by Crippen LogP contribution is 2.19. The standard InChI is InChI=1S/C9H13NO4S/c1-2-13-15(11,12)14-9-6-4-3-5-8(9)7-10/h3-6H,2,7,10H2,1H3. The molecule has 0 radical (unpaired) electrons. The molecule has 0 aromatic heterocycles. The van der Waals surface area contributed by atoms with E-state index in [0.717, 1.165) is 0 Å². The van der Waals surface area contributed by atoms with Crippen LogP contribution in [0.2, 0.25) is 0 Å². The van der Waals surface area contributed by atoms with Crippen LogP contribution in [-0.4, -0.2) is 15.0 Å². The van der Waals surface area contributed by atoms with Crippen LogP contribution in [0.5, 0.6) is 5.75 Å². The number of rotatable bonds is 5. The lowest BCUT2D eigenvalue weighted by atomic mass is 10.2. The average molecular weight is 231 g/mol. The lowest BCUT2D eigenvalue weighted by Crippen LogP contribution is -2.14. The SMILES string of the molecule is CCOS(=O)(=O)Oc1ccccc1CN. The molecule has 0 spiro atoms. The summed E-state index contributed by atoms with van der Waals surface area (Å²) >= 11 is 0. The van der Waals surface area contributed by atoms with E-state index in [9.17, 15) is 8.42 Å². The van der Waals surface area contributed by atoms with Crippen molar-refractivity contribution in [2.45, 2.75) is 13.5 Å². The Hall–Kier alpha value is -1.11. The van der Waals surface area contributed by atoms with Crippen molar-refractivity contribution in [3.63, 3.8) is 0 Å². The first-order valence-electron chi connectivity index (χ1n) is 4.46. The molecule has 1 aromatic carbocycles. The van der Waals surface area contributed by atoms with Crippen molar-refractivity contribution in [3.8, 4) is 5.75 Å². The molecule has 0 aliphatic rings. The summed E-state index contributed by atoms with van der Waals surface area (Å²) in [5.41, 5.74) is 6.04. The first-order valence-corrected chi connectivity index (χ1v) is 5.79. The van der Waals surface area contributed by atoms with E-state index in [2.05, 4.69) is 4.18 Å². The molecular weight excluding hydrogens is 218 g/mol. The Labute approximate surface area is 89.1 Å². The fraction of sp³-hybridized carbons (Fsp3) is 0.333. The molecule has 2 N–H and O–H groups in total. The van der Waals surface area contributed by atoms with E-state index in [0.29, 0.717) is 5.56 Å². The zero-order valence-corrected chi connectivity index (χ0v) is 9.16. The Morgan fingerprint density at radius 1 is 1.33 bits per heavy atom. The van der Waals surface area contributed by atoms with Gasteiger partial charge < -0.3 is 9.92 Å². The molecule has 0 aliphatic carbocycles. The van der Waals surface area contributed by atoms with Crippen LogP contribution in [0, 0.1) is 0 Å². The Kier molecular flexibility index (Phi) is 4.07. The van der Waals surface area contributed by atoms with Gasteiger partial charge in [-0.05, 0) is 13.0 Å². The third kappa shape index (κ3) is 3.50. The minimum atomic E-state index is -3.97. The van der Waals surface area contributed by atoms with E-state index >= 15 is 0 Å². The smallest absolute Gasteiger partial charge is 0.361 e. The van der Waals surface area contributed by atoms with Gasteiger partial charge in [0.15, 0.2) is 0 Å². The molecule has 1 aromatic rings. The molecule has 1 rings (SSSR count). The number of nitrogens with two attached hydrogens (primary N) is 1. The number of hydrogen-bond donors (Lipinski definition) is 1. The first kappa shape index (κ1) is 12.0. The van der Waals surface area contributed by atoms with Gasteiger partial charge in [-0.2, -0.15) is 8.42 Å². The van der Waals surface area contributed by atoms with E-state index < -0.39 is 10.4 Å². The molecule has 6 heteroatoms. The van der Waals surface area contributed by atoms with E-state index in [4.69, 9.17) is 9.92 Å². The summed E-state index contributed by atoms with van der Waals surface area (Å²) in [6, 6.07) is 6.63. The fourth-order valence-corrected chi connectivity index (χ4v) is 1.75. The molecule has 0 fully saturated rings. The number of para-hydroxylation sites is 1. The topological polar surface area (TPSA) is 78.6 Å². The van der Waals surface area contributed by atoms with Gasteiger partial charge in [0.25, 0.3) is 0 Å². The van der Waals surface area contributed by atoms with E-state index in [1.807, 2.05) is 0 Å². The van der Waals surface area contributed by atoms with Crippen LogP contribution in [0.15, 0.2) is 24.3 Å². The second-order valence-corrected chi connectivity index (χ2v) is 3.93. The van der Waals surface area contributed by atoms with Gasteiger partial charge >= 0.3 is 10.4 Å². The zero-order chi connectivity index (χ0) is 11.3. The van der Waals surface area contributed by atoms with Gasteiger partial charge in [-0.15, -0.1) is 0 Å². The number of hydrogen-bond acceptors (Lipinski definition) is 5. The molecule has 0 bridgehead atoms. The monoisotopic (exact) mass is 231 g/mol. The molecule has 0 aliphatic heterocycles. The Morgan fingerprint density at radius 2 is 2.00 bits per heavy atom. The quantitative estimate of drug-likeness (QED) is 0.811. The molecule has 0 unspecified atom stereocenters. The van der Waals surface area contributed by atoms with Crippen LogP contribution < -0.4 is 9.92 Å². The van der Waals surface area contributed by atoms with Gasteiger partial charge in [-0.25, -0.2) is 4.18 Å². The van der Waals surface area contributed by atoms with E-state index in [1.54, 1.807) is 25.1 Å².